The summed E-state index contributed by atoms with van der Waals surface area (Å²) in [5.74, 6) is 0. The number of hydrogen-bond donors (Lipinski definition) is 2. The average molecular weight is 278 g/mol. The maximum Gasteiger partial charge on any atom is 0.171 e. The number of aromatic nitrogens is 3. The van der Waals surface area contributed by atoms with E-state index in [4.69, 9.17) is 4.74 Å². The Morgan fingerprint density at radius 3 is 3.00 bits per heavy atom. The molecule has 0 bridgehead atoms. The summed E-state index contributed by atoms with van der Waals surface area (Å²) in [4.78, 5) is 11.7. The van der Waals surface area contributed by atoms with Crippen molar-refractivity contribution in [2.75, 3.05) is 20.3 Å². The lowest BCUT2D eigenvalue weighted by atomic mass is 10.2. The largest absolute Gasteiger partial charge is 0.383 e. The fourth-order valence-corrected chi connectivity index (χ4v) is 2.38. The van der Waals surface area contributed by atoms with Crippen molar-refractivity contribution < 1.29 is 4.74 Å². The minimum atomic E-state index is 0.721. The van der Waals surface area contributed by atoms with Crippen molar-refractivity contribution in [3.8, 4) is 0 Å². The summed E-state index contributed by atoms with van der Waals surface area (Å²) in [7, 11) is 1.70. The summed E-state index contributed by atoms with van der Waals surface area (Å²) >= 11 is 1.54. The number of ether oxygens (including phenoxy) is 1. The van der Waals surface area contributed by atoms with Gasteiger partial charge in [0.2, 0.25) is 0 Å². The quantitative estimate of drug-likeness (QED) is 0.759. The van der Waals surface area contributed by atoms with Crippen molar-refractivity contribution in [1.29, 1.82) is 0 Å². The van der Waals surface area contributed by atoms with Crippen molar-refractivity contribution in [1.82, 2.24) is 20.3 Å². The van der Waals surface area contributed by atoms with Crippen LogP contribution >= 0.6 is 11.8 Å². The van der Waals surface area contributed by atoms with E-state index in [1.165, 1.54) is 5.56 Å². The highest BCUT2D eigenvalue weighted by Gasteiger charge is 2.05. The molecule has 0 aliphatic heterocycles. The molecule has 2 heterocycles. The molecule has 19 heavy (non-hydrogen) atoms. The second kappa shape index (κ2) is 7.28. The second-order valence-corrected chi connectivity index (χ2v) is 5.11. The van der Waals surface area contributed by atoms with E-state index >= 15 is 0 Å². The lowest BCUT2D eigenvalue weighted by molar-refractivity contribution is 0.199. The standard InChI is InChI=1S/C13H18N4OS/c1-10-7-11(8-14-5-6-18-2)9-17-12(10)19-13-15-3-4-16-13/h3-4,7,9,14H,5-6,8H2,1-2H3,(H,15,16). The predicted octanol–water partition coefficient (Wildman–Crippen LogP) is 2.00. The zero-order chi connectivity index (χ0) is 13.5. The van der Waals surface area contributed by atoms with E-state index in [0.717, 1.165) is 35.4 Å². The number of nitrogens with zero attached hydrogens (tertiary/aromatic N) is 2. The Bertz CT molecular complexity index is 501. The van der Waals surface area contributed by atoms with E-state index in [9.17, 15) is 0 Å². The van der Waals surface area contributed by atoms with Crippen molar-refractivity contribution in [3.63, 3.8) is 0 Å². The van der Waals surface area contributed by atoms with Crippen LogP contribution in [0.5, 0.6) is 0 Å². The normalized spacial score (nSPS) is 10.8. The number of hydrogen-bond acceptors (Lipinski definition) is 5. The van der Waals surface area contributed by atoms with E-state index in [0.29, 0.717) is 0 Å². The zero-order valence-corrected chi connectivity index (χ0v) is 12.0. The molecular weight excluding hydrogens is 260 g/mol. The van der Waals surface area contributed by atoms with Gasteiger partial charge >= 0.3 is 0 Å². The topological polar surface area (TPSA) is 62.8 Å². The number of nitrogens with one attached hydrogen (secondary N) is 2. The van der Waals surface area contributed by atoms with Crippen LogP contribution in [-0.4, -0.2) is 35.2 Å². The van der Waals surface area contributed by atoms with E-state index in [1.807, 2.05) is 12.4 Å². The lowest BCUT2D eigenvalue weighted by Gasteiger charge is -2.07. The fourth-order valence-electron chi connectivity index (χ4n) is 1.63. The molecule has 2 aromatic heterocycles. The zero-order valence-electron chi connectivity index (χ0n) is 11.1. The van der Waals surface area contributed by atoms with Gasteiger partial charge in [0.1, 0.15) is 5.03 Å². The maximum absolute atomic E-state index is 4.99. The highest BCUT2D eigenvalue weighted by Crippen LogP contribution is 2.25. The van der Waals surface area contributed by atoms with Gasteiger partial charge in [-0.1, -0.05) is 6.07 Å². The Balaban J connectivity index is 1.93. The fraction of sp³-hybridized carbons (Fsp3) is 0.385. The van der Waals surface area contributed by atoms with Gasteiger partial charge in [-0.25, -0.2) is 9.97 Å². The van der Waals surface area contributed by atoms with Gasteiger partial charge in [-0.2, -0.15) is 0 Å². The van der Waals surface area contributed by atoms with Crippen LogP contribution in [0.15, 0.2) is 34.8 Å². The van der Waals surface area contributed by atoms with Crippen LogP contribution in [-0.2, 0) is 11.3 Å². The molecule has 0 unspecified atom stereocenters. The van der Waals surface area contributed by atoms with Gasteiger partial charge in [-0.3, -0.25) is 0 Å². The van der Waals surface area contributed by atoms with Gasteiger partial charge in [0.25, 0.3) is 0 Å². The minimum absolute atomic E-state index is 0.721. The van der Waals surface area contributed by atoms with Crippen LogP contribution in [0.25, 0.3) is 0 Å². The first-order valence-corrected chi connectivity index (χ1v) is 6.93. The van der Waals surface area contributed by atoms with Gasteiger partial charge in [0.15, 0.2) is 5.16 Å². The first-order chi connectivity index (χ1) is 9.29. The first kappa shape index (κ1) is 14.0. The number of H-pyrrole nitrogens is 1. The van der Waals surface area contributed by atoms with Crippen LogP contribution in [0.4, 0.5) is 0 Å². The Morgan fingerprint density at radius 2 is 2.32 bits per heavy atom. The molecule has 0 aliphatic carbocycles. The van der Waals surface area contributed by atoms with Crippen LogP contribution in [0.3, 0.4) is 0 Å². The third-order valence-corrected chi connectivity index (χ3v) is 3.60. The van der Waals surface area contributed by atoms with E-state index in [2.05, 4.69) is 33.3 Å². The number of imidazole rings is 1. The molecule has 102 valence electrons. The molecule has 2 rings (SSSR count). The molecule has 0 spiro atoms. The highest BCUT2D eigenvalue weighted by molar-refractivity contribution is 7.99. The van der Waals surface area contributed by atoms with Crippen LogP contribution in [0, 0.1) is 6.92 Å². The maximum atomic E-state index is 4.99. The molecule has 0 saturated carbocycles. The predicted molar refractivity (Wildman–Crippen MR) is 75.3 cm³/mol. The summed E-state index contributed by atoms with van der Waals surface area (Å²) < 4.78 is 4.99. The average Bonchev–Trinajstić information content (AvgIpc) is 2.91. The number of aromatic amines is 1. The number of aryl methyl sites for hydroxylation is 1. The molecule has 0 saturated heterocycles. The Hall–Kier alpha value is -1.37. The Kier molecular flexibility index (Phi) is 5.38. The molecule has 6 heteroatoms. The molecule has 0 atom stereocenters. The number of pyridine rings is 1. The summed E-state index contributed by atoms with van der Waals surface area (Å²) in [6.45, 7) is 4.44. The summed E-state index contributed by atoms with van der Waals surface area (Å²) in [6.07, 6.45) is 5.45. The molecule has 2 aromatic rings. The van der Waals surface area contributed by atoms with E-state index in [1.54, 1.807) is 25.1 Å². The molecule has 2 N–H and O–H groups in total. The molecule has 0 fully saturated rings. The third-order valence-electron chi connectivity index (χ3n) is 2.57. The van der Waals surface area contributed by atoms with Gasteiger partial charge < -0.3 is 15.0 Å². The van der Waals surface area contributed by atoms with Gasteiger partial charge in [0, 0.05) is 38.8 Å². The number of methoxy groups -OCH3 is 1. The Labute approximate surface area is 117 Å². The number of rotatable bonds is 7. The lowest BCUT2D eigenvalue weighted by Crippen LogP contribution is -2.18. The SMILES string of the molecule is COCCNCc1cnc(Sc2ncc[nH]2)c(C)c1. The highest BCUT2D eigenvalue weighted by atomic mass is 32.2. The van der Waals surface area contributed by atoms with Crippen LogP contribution in [0.2, 0.25) is 0 Å². The van der Waals surface area contributed by atoms with Crippen molar-refractivity contribution >= 4 is 11.8 Å². The molecule has 0 radical (unpaired) electrons. The third kappa shape index (κ3) is 4.34. The monoisotopic (exact) mass is 278 g/mol. The minimum Gasteiger partial charge on any atom is -0.383 e. The molecule has 5 nitrogen and oxygen atoms in total. The van der Waals surface area contributed by atoms with Crippen LogP contribution in [0.1, 0.15) is 11.1 Å². The summed E-state index contributed by atoms with van der Waals surface area (Å²) in [5.41, 5.74) is 2.34. The Morgan fingerprint density at radius 1 is 1.42 bits per heavy atom. The van der Waals surface area contributed by atoms with Crippen LogP contribution < -0.4 is 5.32 Å². The van der Waals surface area contributed by atoms with E-state index < -0.39 is 0 Å². The molecular formula is C13H18N4OS. The summed E-state index contributed by atoms with van der Waals surface area (Å²) in [5, 5.41) is 5.15. The van der Waals surface area contributed by atoms with Gasteiger partial charge in [0.05, 0.1) is 6.61 Å². The molecule has 0 aromatic carbocycles. The van der Waals surface area contributed by atoms with E-state index in [-0.39, 0.29) is 0 Å². The van der Waals surface area contributed by atoms with Crippen molar-refractivity contribution in [2.45, 2.75) is 23.7 Å². The van der Waals surface area contributed by atoms with Crippen molar-refractivity contribution in [3.05, 3.63) is 35.8 Å². The molecule has 0 aliphatic rings. The second-order valence-electron chi connectivity index (χ2n) is 4.13. The summed E-state index contributed by atoms with van der Waals surface area (Å²) in [6, 6.07) is 2.15. The van der Waals surface area contributed by atoms with Gasteiger partial charge in [-0.05, 0) is 29.8 Å². The van der Waals surface area contributed by atoms with Gasteiger partial charge in [-0.15, -0.1) is 0 Å². The first-order valence-electron chi connectivity index (χ1n) is 6.12. The molecule has 0 amide bonds. The van der Waals surface area contributed by atoms with Crippen molar-refractivity contribution in [2.24, 2.45) is 0 Å². The smallest absolute Gasteiger partial charge is 0.171 e.